The van der Waals surface area contributed by atoms with Crippen LogP contribution in [0.3, 0.4) is 0 Å². The Labute approximate surface area is 190 Å². The number of carbonyl (C=O) groups is 1. The Morgan fingerprint density at radius 2 is 2.16 bits per heavy atom. The average Bonchev–Trinajstić information content (AvgIpc) is 3.46. The molecule has 2 fully saturated rings. The number of nitrogens with one attached hydrogen (secondary N) is 1. The van der Waals surface area contributed by atoms with Crippen molar-refractivity contribution in [2.24, 2.45) is 0 Å². The van der Waals surface area contributed by atoms with Gasteiger partial charge in [0.25, 0.3) is 5.91 Å². The molecule has 0 unspecified atom stereocenters. The monoisotopic (exact) mass is 455 g/mol. The lowest BCUT2D eigenvalue weighted by Gasteiger charge is -2.27. The van der Waals surface area contributed by atoms with E-state index in [1.165, 1.54) is 6.07 Å². The van der Waals surface area contributed by atoms with Gasteiger partial charge in [-0.05, 0) is 67.8 Å². The highest BCUT2D eigenvalue weighted by Gasteiger charge is 2.30. The molecule has 1 aromatic carbocycles. The summed E-state index contributed by atoms with van der Waals surface area (Å²) < 4.78 is 21.1. The molecule has 3 aromatic rings. The third-order valence-electron chi connectivity index (χ3n) is 6.17. The molecule has 1 amide bonds. The number of halogens is 1. The van der Waals surface area contributed by atoms with Crippen molar-refractivity contribution < 1.29 is 13.9 Å². The van der Waals surface area contributed by atoms with E-state index in [1.807, 2.05) is 24.5 Å². The SMILES string of the molecule is CSc1ccc(F)cc1[C@H]1CCCN1c1ccc2ncc(C(=O)N[C@H]3CCCOC3)n2n1. The fraction of sp³-hybridized carbons (Fsp3) is 0.435. The summed E-state index contributed by atoms with van der Waals surface area (Å²) in [5.41, 5.74) is 2.00. The topological polar surface area (TPSA) is 71.8 Å². The normalized spacial score (nSPS) is 21.2. The van der Waals surface area contributed by atoms with Gasteiger partial charge in [-0.2, -0.15) is 0 Å². The Kier molecular flexibility index (Phi) is 6.01. The zero-order valence-electron chi connectivity index (χ0n) is 18.0. The van der Waals surface area contributed by atoms with Crippen molar-refractivity contribution in [2.45, 2.75) is 42.7 Å². The van der Waals surface area contributed by atoms with E-state index >= 15 is 0 Å². The van der Waals surface area contributed by atoms with E-state index in [1.54, 1.807) is 28.5 Å². The summed E-state index contributed by atoms with van der Waals surface area (Å²) in [7, 11) is 0. The summed E-state index contributed by atoms with van der Waals surface area (Å²) in [5.74, 6) is 0.322. The van der Waals surface area contributed by atoms with Gasteiger partial charge in [0.2, 0.25) is 0 Å². The van der Waals surface area contributed by atoms with Crippen molar-refractivity contribution in [3.8, 4) is 0 Å². The maximum Gasteiger partial charge on any atom is 0.271 e. The van der Waals surface area contributed by atoms with Gasteiger partial charge in [-0.25, -0.2) is 13.9 Å². The highest BCUT2D eigenvalue weighted by atomic mass is 32.2. The number of nitrogens with zero attached hydrogens (tertiary/aromatic N) is 4. The van der Waals surface area contributed by atoms with Gasteiger partial charge in [0.15, 0.2) is 11.3 Å². The van der Waals surface area contributed by atoms with Crippen LogP contribution in [-0.4, -0.2) is 52.6 Å². The zero-order valence-corrected chi connectivity index (χ0v) is 18.8. The Hall–Kier alpha value is -2.65. The Morgan fingerprint density at radius 1 is 1.25 bits per heavy atom. The number of benzene rings is 1. The third-order valence-corrected chi connectivity index (χ3v) is 6.99. The van der Waals surface area contributed by atoms with E-state index in [0.29, 0.717) is 17.9 Å². The molecule has 0 spiro atoms. The summed E-state index contributed by atoms with van der Waals surface area (Å²) in [6.07, 6.45) is 7.33. The molecule has 2 aliphatic heterocycles. The second kappa shape index (κ2) is 9.07. The number of anilines is 1. The van der Waals surface area contributed by atoms with Gasteiger partial charge in [-0.15, -0.1) is 16.9 Å². The maximum absolute atomic E-state index is 14.1. The number of carbonyl (C=O) groups excluding carboxylic acids is 1. The highest BCUT2D eigenvalue weighted by Crippen LogP contribution is 2.39. The molecule has 2 aliphatic rings. The molecular formula is C23H26FN5O2S. The van der Waals surface area contributed by atoms with Crippen LogP contribution in [0, 0.1) is 5.82 Å². The number of aromatic nitrogens is 3. The maximum atomic E-state index is 14.1. The van der Waals surface area contributed by atoms with Gasteiger partial charge in [0.1, 0.15) is 11.6 Å². The molecule has 0 saturated carbocycles. The first-order valence-electron chi connectivity index (χ1n) is 11.0. The number of amides is 1. The fourth-order valence-electron chi connectivity index (χ4n) is 4.62. The fourth-order valence-corrected chi connectivity index (χ4v) is 5.25. The van der Waals surface area contributed by atoms with Crippen molar-refractivity contribution in [1.29, 1.82) is 0 Å². The van der Waals surface area contributed by atoms with E-state index in [0.717, 1.165) is 55.1 Å². The van der Waals surface area contributed by atoms with Gasteiger partial charge in [0, 0.05) is 18.0 Å². The van der Waals surface area contributed by atoms with Crippen LogP contribution in [0.1, 0.15) is 47.8 Å². The van der Waals surface area contributed by atoms with Crippen LogP contribution in [-0.2, 0) is 4.74 Å². The lowest BCUT2D eigenvalue weighted by Crippen LogP contribution is -2.41. The number of rotatable bonds is 5. The van der Waals surface area contributed by atoms with E-state index in [-0.39, 0.29) is 23.8 Å². The summed E-state index contributed by atoms with van der Waals surface area (Å²) in [6, 6.07) is 8.83. The largest absolute Gasteiger partial charge is 0.379 e. The summed E-state index contributed by atoms with van der Waals surface area (Å²) in [6.45, 7) is 2.10. The van der Waals surface area contributed by atoms with Crippen molar-refractivity contribution in [3.05, 3.63) is 53.6 Å². The first-order valence-corrected chi connectivity index (χ1v) is 12.2. The van der Waals surface area contributed by atoms with E-state index in [4.69, 9.17) is 9.84 Å². The highest BCUT2D eigenvalue weighted by molar-refractivity contribution is 7.98. The Bertz CT molecular complexity index is 1130. The van der Waals surface area contributed by atoms with Gasteiger partial charge >= 0.3 is 0 Å². The Balaban J connectivity index is 1.45. The van der Waals surface area contributed by atoms with Crippen molar-refractivity contribution in [1.82, 2.24) is 19.9 Å². The summed E-state index contributed by atoms with van der Waals surface area (Å²) in [4.78, 5) is 20.5. The molecule has 32 heavy (non-hydrogen) atoms. The molecule has 1 N–H and O–H groups in total. The van der Waals surface area contributed by atoms with Crippen LogP contribution >= 0.6 is 11.8 Å². The number of hydrogen-bond donors (Lipinski definition) is 1. The smallest absolute Gasteiger partial charge is 0.271 e. The van der Waals surface area contributed by atoms with Crippen molar-refractivity contribution in [2.75, 3.05) is 30.9 Å². The first-order chi connectivity index (χ1) is 15.6. The lowest BCUT2D eigenvalue weighted by molar-refractivity contribution is 0.0621. The molecule has 9 heteroatoms. The number of fused-ring (bicyclic) bond motifs is 1. The third kappa shape index (κ3) is 4.06. The van der Waals surface area contributed by atoms with Gasteiger partial charge in [0.05, 0.1) is 24.9 Å². The second-order valence-electron chi connectivity index (χ2n) is 8.23. The van der Waals surface area contributed by atoms with Gasteiger partial charge in [-0.3, -0.25) is 4.79 Å². The molecule has 7 nitrogen and oxygen atoms in total. The average molecular weight is 456 g/mol. The van der Waals surface area contributed by atoms with Crippen LogP contribution in [0.2, 0.25) is 0 Å². The molecule has 2 saturated heterocycles. The predicted molar refractivity (Wildman–Crippen MR) is 122 cm³/mol. The summed E-state index contributed by atoms with van der Waals surface area (Å²) >= 11 is 1.62. The minimum Gasteiger partial charge on any atom is -0.379 e. The summed E-state index contributed by atoms with van der Waals surface area (Å²) in [5, 5.41) is 7.81. The molecule has 2 atom stereocenters. The number of imidazole rings is 1. The second-order valence-corrected chi connectivity index (χ2v) is 9.08. The van der Waals surface area contributed by atoms with Crippen LogP contribution in [0.25, 0.3) is 5.65 Å². The molecule has 5 rings (SSSR count). The Morgan fingerprint density at radius 3 is 2.97 bits per heavy atom. The van der Waals surface area contributed by atoms with Crippen LogP contribution in [0.4, 0.5) is 10.2 Å². The molecule has 0 aliphatic carbocycles. The van der Waals surface area contributed by atoms with E-state index in [9.17, 15) is 9.18 Å². The number of ether oxygens (including phenoxy) is 1. The standard InChI is InChI=1S/C23H26FN5O2S/c1-32-20-7-6-15(24)12-17(20)18-5-2-10-28(18)22-9-8-21-25-13-19(29(21)27-22)23(30)26-16-4-3-11-31-14-16/h6-9,12-13,16,18H,2-5,10-11,14H2,1H3,(H,26,30)/t16-,18+/m0/s1. The van der Waals surface area contributed by atoms with Crippen molar-refractivity contribution in [3.63, 3.8) is 0 Å². The number of thioether (sulfide) groups is 1. The molecule has 2 aromatic heterocycles. The molecule has 168 valence electrons. The van der Waals surface area contributed by atoms with E-state index in [2.05, 4.69) is 15.2 Å². The lowest BCUT2D eigenvalue weighted by atomic mass is 10.0. The van der Waals surface area contributed by atoms with Crippen LogP contribution in [0.15, 0.2) is 41.4 Å². The molecule has 0 bridgehead atoms. The van der Waals surface area contributed by atoms with E-state index < -0.39 is 0 Å². The minimum absolute atomic E-state index is 0.00545. The van der Waals surface area contributed by atoms with Crippen LogP contribution < -0.4 is 10.2 Å². The number of hydrogen-bond acceptors (Lipinski definition) is 6. The molecule has 4 heterocycles. The van der Waals surface area contributed by atoms with Crippen molar-refractivity contribution >= 4 is 29.1 Å². The first kappa shape index (κ1) is 21.2. The minimum atomic E-state index is -0.228. The van der Waals surface area contributed by atoms with Crippen LogP contribution in [0.5, 0.6) is 0 Å². The van der Waals surface area contributed by atoms with Gasteiger partial charge < -0.3 is 15.0 Å². The molecular weight excluding hydrogens is 429 g/mol. The molecule has 0 radical (unpaired) electrons. The quantitative estimate of drug-likeness (QED) is 0.590. The van der Waals surface area contributed by atoms with Gasteiger partial charge in [-0.1, -0.05) is 0 Å². The zero-order chi connectivity index (χ0) is 22.1. The predicted octanol–water partition coefficient (Wildman–Crippen LogP) is 3.84.